The molecule has 0 heterocycles. The summed E-state index contributed by atoms with van der Waals surface area (Å²) in [5.74, 6) is 0.295. The lowest BCUT2D eigenvalue weighted by Crippen LogP contribution is -2.12. The first-order valence-corrected chi connectivity index (χ1v) is 10.5. The van der Waals surface area contributed by atoms with Crippen molar-refractivity contribution in [3.05, 3.63) is 89.7 Å². The molecule has 26 heavy (non-hydrogen) atoms. The number of halogens is 1. The van der Waals surface area contributed by atoms with Crippen LogP contribution in [0.25, 0.3) is 0 Å². The van der Waals surface area contributed by atoms with E-state index in [2.05, 4.69) is 4.72 Å². The number of rotatable bonds is 6. The zero-order valence-corrected chi connectivity index (χ0v) is 15.8. The van der Waals surface area contributed by atoms with Crippen molar-refractivity contribution in [3.8, 4) is 0 Å². The molecule has 0 saturated heterocycles. The third kappa shape index (κ3) is 4.65. The minimum atomic E-state index is -3.61. The monoisotopic (exact) mass is 387 g/mol. The van der Waals surface area contributed by atoms with Gasteiger partial charge in [0.1, 0.15) is 5.82 Å². The van der Waals surface area contributed by atoms with Crippen molar-refractivity contribution in [2.75, 3.05) is 4.72 Å². The van der Waals surface area contributed by atoms with Crippen LogP contribution < -0.4 is 4.72 Å². The molecule has 0 aliphatic heterocycles. The maximum absolute atomic E-state index is 13.6. The van der Waals surface area contributed by atoms with E-state index in [1.54, 1.807) is 48.5 Å². The smallest absolute Gasteiger partial charge is 0.261 e. The van der Waals surface area contributed by atoms with Gasteiger partial charge in [0.05, 0.1) is 4.90 Å². The molecule has 0 spiro atoms. The van der Waals surface area contributed by atoms with E-state index in [9.17, 15) is 12.8 Å². The highest BCUT2D eigenvalue weighted by molar-refractivity contribution is 7.98. The maximum atomic E-state index is 13.6. The predicted molar refractivity (Wildman–Crippen MR) is 104 cm³/mol. The Morgan fingerprint density at radius 1 is 0.923 bits per heavy atom. The van der Waals surface area contributed by atoms with Crippen LogP contribution in [-0.2, 0) is 15.8 Å². The van der Waals surface area contributed by atoms with Gasteiger partial charge in [0.15, 0.2) is 0 Å². The van der Waals surface area contributed by atoms with Crippen LogP contribution in [-0.4, -0.2) is 8.42 Å². The average Bonchev–Trinajstić information content (AvgIpc) is 2.62. The number of benzene rings is 3. The van der Waals surface area contributed by atoms with Crippen molar-refractivity contribution in [2.45, 2.75) is 22.5 Å². The molecule has 0 aliphatic rings. The van der Waals surface area contributed by atoms with Crippen LogP contribution in [0.15, 0.2) is 82.6 Å². The molecular formula is C20H18FNO2S2. The molecule has 0 unspecified atom stereocenters. The minimum Gasteiger partial charge on any atom is -0.280 e. The van der Waals surface area contributed by atoms with Crippen LogP contribution in [0.5, 0.6) is 0 Å². The molecule has 134 valence electrons. The summed E-state index contributed by atoms with van der Waals surface area (Å²) in [5, 5.41) is 0. The Morgan fingerprint density at radius 3 is 2.23 bits per heavy atom. The summed E-state index contributed by atoms with van der Waals surface area (Å²) >= 11 is 1.50. The van der Waals surface area contributed by atoms with Gasteiger partial charge in [0.2, 0.25) is 0 Å². The summed E-state index contributed by atoms with van der Waals surface area (Å²) in [7, 11) is -3.61. The molecular weight excluding hydrogens is 369 g/mol. The van der Waals surface area contributed by atoms with Gasteiger partial charge in [-0.05, 0) is 55.0 Å². The zero-order chi connectivity index (χ0) is 18.6. The van der Waals surface area contributed by atoms with Crippen LogP contribution in [0.4, 0.5) is 10.1 Å². The van der Waals surface area contributed by atoms with Gasteiger partial charge < -0.3 is 0 Å². The fraction of sp³-hybridized carbons (Fsp3) is 0.100. The maximum Gasteiger partial charge on any atom is 0.261 e. The van der Waals surface area contributed by atoms with Gasteiger partial charge in [-0.3, -0.25) is 4.72 Å². The molecule has 0 amide bonds. The molecule has 3 aromatic carbocycles. The largest absolute Gasteiger partial charge is 0.280 e. The fourth-order valence-corrected chi connectivity index (χ4v) is 4.27. The van der Waals surface area contributed by atoms with Gasteiger partial charge in [-0.2, -0.15) is 0 Å². The zero-order valence-electron chi connectivity index (χ0n) is 14.1. The quantitative estimate of drug-likeness (QED) is 0.589. The topological polar surface area (TPSA) is 46.2 Å². The van der Waals surface area contributed by atoms with Crippen molar-refractivity contribution in [1.82, 2.24) is 0 Å². The van der Waals surface area contributed by atoms with E-state index >= 15 is 0 Å². The highest BCUT2D eigenvalue weighted by Crippen LogP contribution is 2.26. The van der Waals surface area contributed by atoms with Gasteiger partial charge >= 0.3 is 0 Å². The number of hydrogen-bond acceptors (Lipinski definition) is 3. The van der Waals surface area contributed by atoms with Crippen molar-refractivity contribution >= 4 is 27.5 Å². The first-order chi connectivity index (χ1) is 12.4. The van der Waals surface area contributed by atoms with Gasteiger partial charge in [-0.15, -0.1) is 11.8 Å². The molecule has 0 fully saturated rings. The van der Waals surface area contributed by atoms with E-state index in [1.807, 2.05) is 25.1 Å². The normalized spacial score (nSPS) is 11.3. The third-order valence-electron chi connectivity index (χ3n) is 3.79. The van der Waals surface area contributed by atoms with Crippen LogP contribution >= 0.6 is 11.8 Å². The molecule has 0 aromatic heterocycles. The van der Waals surface area contributed by atoms with Crippen molar-refractivity contribution in [3.63, 3.8) is 0 Å². The van der Waals surface area contributed by atoms with Gasteiger partial charge in [-0.1, -0.05) is 35.9 Å². The number of thioether (sulfide) groups is 1. The first kappa shape index (κ1) is 18.5. The van der Waals surface area contributed by atoms with Crippen molar-refractivity contribution in [2.24, 2.45) is 0 Å². The average molecular weight is 388 g/mol. The van der Waals surface area contributed by atoms with E-state index in [0.717, 1.165) is 10.5 Å². The van der Waals surface area contributed by atoms with Gasteiger partial charge in [-0.25, -0.2) is 12.8 Å². The fourth-order valence-electron chi connectivity index (χ4n) is 2.33. The summed E-state index contributed by atoms with van der Waals surface area (Å²) in [5.41, 5.74) is 2.13. The Kier molecular flexibility index (Phi) is 5.64. The number of hydrogen-bond donors (Lipinski definition) is 1. The second-order valence-corrected chi connectivity index (χ2v) is 8.55. The predicted octanol–water partition coefficient (Wildman–Crippen LogP) is 5.23. The van der Waals surface area contributed by atoms with Crippen LogP contribution in [0.1, 0.15) is 11.1 Å². The van der Waals surface area contributed by atoms with E-state index < -0.39 is 10.0 Å². The Bertz CT molecular complexity index is 985. The van der Waals surface area contributed by atoms with Crippen LogP contribution in [0.3, 0.4) is 0 Å². The first-order valence-electron chi connectivity index (χ1n) is 8.00. The molecule has 0 bridgehead atoms. The summed E-state index contributed by atoms with van der Waals surface area (Å²) < 4.78 is 41.0. The highest BCUT2D eigenvalue weighted by atomic mass is 32.2. The van der Waals surface area contributed by atoms with Crippen molar-refractivity contribution in [1.29, 1.82) is 0 Å². The van der Waals surface area contributed by atoms with E-state index in [4.69, 9.17) is 0 Å². The van der Waals surface area contributed by atoms with Gasteiger partial charge in [0.25, 0.3) is 10.0 Å². The molecule has 3 nitrogen and oxygen atoms in total. The van der Waals surface area contributed by atoms with E-state index in [0.29, 0.717) is 17.0 Å². The molecule has 0 radical (unpaired) electrons. The van der Waals surface area contributed by atoms with Crippen LogP contribution in [0.2, 0.25) is 0 Å². The lowest BCUT2D eigenvalue weighted by atomic mass is 10.2. The molecule has 0 aliphatic carbocycles. The Labute approximate surface area is 157 Å². The van der Waals surface area contributed by atoms with E-state index in [-0.39, 0.29) is 10.7 Å². The Morgan fingerprint density at radius 2 is 1.58 bits per heavy atom. The summed E-state index contributed by atoms with van der Waals surface area (Å²) in [6.45, 7) is 1.90. The van der Waals surface area contributed by atoms with Crippen LogP contribution in [0, 0.1) is 12.7 Å². The number of anilines is 1. The highest BCUT2D eigenvalue weighted by Gasteiger charge is 2.13. The SMILES string of the molecule is Cc1ccc(S(=O)(=O)Nc2ccc(SCc3ccccc3F)cc2)cc1. The molecule has 0 saturated carbocycles. The molecule has 3 aromatic rings. The Balaban J connectivity index is 1.66. The molecule has 1 N–H and O–H groups in total. The lowest BCUT2D eigenvalue weighted by Gasteiger charge is -2.09. The standard InChI is InChI=1S/C20H18FNO2S2/c1-15-6-12-19(13-7-15)26(23,24)22-17-8-10-18(11-9-17)25-14-16-4-2-3-5-20(16)21/h2-13,22H,14H2,1H3. The molecule has 6 heteroatoms. The third-order valence-corrected chi connectivity index (χ3v) is 6.25. The second-order valence-electron chi connectivity index (χ2n) is 5.82. The molecule has 3 rings (SSSR count). The minimum absolute atomic E-state index is 0.220. The summed E-state index contributed by atoms with van der Waals surface area (Å²) in [6, 6.07) is 20.4. The number of nitrogens with one attached hydrogen (secondary N) is 1. The number of sulfonamides is 1. The summed E-state index contributed by atoms with van der Waals surface area (Å²) in [6.07, 6.45) is 0. The molecule has 0 atom stereocenters. The van der Waals surface area contributed by atoms with E-state index in [1.165, 1.54) is 17.8 Å². The van der Waals surface area contributed by atoms with Gasteiger partial charge in [0, 0.05) is 16.3 Å². The van der Waals surface area contributed by atoms with Crippen molar-refractivity contribution < 1.29 is 12.8 Å². The second kappa shape index (κ2) is 7.93. The summed E-state index contributed by atoms with van der Waals surface area (Å²) in [4.78, 5) is 1.16. The Hall–Kier alpha value is -2.31. The number of aryl methyl sites for hydroxylation is 1. The lowest BCUT2D eigenvalue weighted by molar-refractivity contribution is 0.601.